The molecule has 1 fully saturated rings. The number of carbonyl (C=O) groups excluding carboxylic acids is 2. The minimum absolute atomic E-state index is 0.0250. The van der Waals surface area contributed by atoms with Crippen molar-refractivity contribution in [3.63, 3.8) is 0 Å². The van der Waals surface area contributed by atoms with Gasteiger partial charge in [-0.2, -0.15) is 13.5 Å². The monoisotopic (exact) mass is 671 g/mol. The standard InChI is InChI=1S/C24H29N7O10S3/c1-24(2)13(20(33)31(24)41-44(36,37)38)9-17(32)19(16-11-43-22(26)27-16)30-40-18(21(34)35)10-39-12-4-5-14-15(8-12)29-23(28-14)42-7-3-6-25/h4-5,8,11,13,18H,3,6-7,9-10,25H2,1-2H3,(H2,26,27)(H,28,29)(H,34,35)(H,36,37,38)/b30-19-/t13-,18+/m1/s1. The summed E-state index contributed by atoms with van der Waals surface area (Å²) in [4.78, 5) is 54.6. The number of thioether (sulfide) groups is 1. The lowest BCUT2D eigenvalue weighted by atomic mass is 9.74. The summed E-state index contributed by atoms with van der Waals surface area (Å²) in [6.45, 7) is 2.92. The van der Waals surface area contributed by atoms with Crippen LogP contribution in [-0.4, -0.2) is 92.0 Å². The van der Waals surface area contributed by atoms with Crippen LogP contribution in [0.5, 0.6) is 5.75 Å². The molecular weight excluding hydrogens is 643 g/mol. The summed E-state index contributed by atoms with van der Waals surface area (Å²) in [6.07, 6.45) is -1.32. The summed E-state index contributed by atoms with van der Waals surface area (Å²) in [6, 6.07) is 4.97. The highest BCUT2D eigenvalue weighted by molar-refractivity contribution is 7.99. The van der Waals surface area contributed by atoms with Gasteiger partial charge in [-0.3, -0.25) is 14.1 Å². The zero-order chi connectivity index (χ0) is 32.2. The van der Waals surface area contributed by atoms with E-state index in [1.807, 2.05) is 0 Å². The van der Waals surface area contributed by atoms with Crippen LogP contribution in [0.15, 0.2) is 33.9 Å². The van der Waals surface area contributed by atoms with Gasteiger partial charge < -0.3 is 31.1 Å². The van der Waals surface area contributed by atoms with E-state index in [1.54, 1.807) is 18.2 Å². The third-order valence-corrected chi connectivity index (χ3v) is 8.40. The Morgan fingerprint density at radius 3 is 2.68 bits per heavy atom. The number of Topliss-reactive ketones (excluding diaryl/α,β-unsaturated/α-hetero) is 1. The number of ketones is 1. The van der Waals surface area contributed by atoms with Crippen molar-refractivity contribution in [1.82, 2.24) is 20.0 Å². The molecule has 2 atom stereocenters. The Kier molecular flexibility index (Phi) is 10.1. The first-order chi connectivity index (χ1) is 20.7. The van der Waals surface area contributed by atoms with Gasteiger partial charge in [-0.1, -0.05) is 16.9 Å². The Hall–Kier alpha value is -3.82. The fourth-order valence-electron chi connectivity index (χ4n) is 4.10. The number of aromatic nitrogens is 3. The molecule has 7 N–H and O–H groups in total. The maximum Gasteiger partial charge on any atom is 0.418 e. The number of aliphatic carboxylic acids is 1. The number of oxime groups is 1. The van der Waals surface area contributed by atoms with Crippen LogP contribution in [0, 0.1) is 5.92 Å². The van der Waals surface area contributed by atoms with Crippen molar-refractivity contribution in [1.29, 1.82) is 0 Å². The Balaban J connectivity index is 1.46. The van der Waals surface area contributed by atoms with Crippen molar-refractivity contribution < 1.29 is 46.3 Å². The zero-order valence-electron chi connectivity index (χ0n) is 23.3. The number of nitrogen functional groups attached to an aromatic ring is 1. The minimum atomic E-state index is -4.99. The van der Waals surface area contributed by atoms with E-state index in [1.165, 1.54) is 31.0 Å². The van der Waals surface area contributed by atoms with Crippen molar-refractivity contribution in [3.05, 3.63) is 29.3 Å². The van der Waals surface area contributed by atoms with Gasteiger partial charge in [0, 0.05) is 23.6 Å². The predicted molar refractivity (Wildman–Crippen MR) is 158 cm³/mol. The average Bonchev–Trinajstić information content (AvgIpc) is 3.56. The number of fused-ring (bicyclic) bond motifs is 1. The molecule has 1 aromatic carbocycles. The van der Waals surface area contributed by atoms with E-state index in [0.717, 1.165) is 23.5 Å². The number of amides is 1. The highest BCUT2D eigenvalue weighted by atomic mass is 32.3. The Bertz CT molecular complexity index is 1690. The number of anilines is 1. The number of carboxylic acid groups (broad SMARTS) is 1. The summed E-state index contributed by atoms with van der Waals surface area (Å²) in [7, 11) is -4.99. The number of ether oxygens (including phenoxy) is 1. The van der Waals surface area contributed by atoms with Crippen LogP contribution in [-0.2, 0) is 33.9 Å². The molecular formula is C24H29N7O10S3. The maximum absolute atomic E-state index is 13.3. The molecule has 3 aromatic rings. The highest BCUT2D eigenvalue weighted by Crippen LogP contribution is 2.40. The summed E-state index contributed by atoms with van der Waals surface area (Å²) < 4.78 is 41.1. The van der Waals surface area contributed by atoms with E-state index >= 15 is 0 Å². The number of H-pyrrole nitrogens is 1. The molecule has 0 unspecified atom stereocenters. The number of nitrogens with one attached hydrogen (secondary N) is 1. The van der Waals surface area contributed by atoms with Crippen LogP contribution in [0.4, 0.5) is 5.13 Å². The molecule has 1 amide bonds. The molecule has 4 rings (SSSR count). The van der Waals surface area contributed by atoms with E-state index in [4.69, 9.17) is 25.6 Å². The first-order valence-electron chi connectivity index (χ1n) is 12.9. The summed E-state index contributed by atoms with van der Waals surface area (Å²) in [5.74, 6) is -3.05. The molecule has 17 nitrogen and oxygen atoms in total. The number of rotatable bonds is 16. The van der Waals surface area contributed by atoms with Crippen molar-refractivity contribution in [2.45, 2.75) is 43.5 Å². The fraction of sp³-hybridized carbons (Fsp3) is 0.417. The Morgan fingerprint density at radius 1 is 1.32 bits per heavy atom. The number of nitrogens with zero attached hydrogens (tertiary/aromatic N) is 4. The number of aromatic amines is 1. The second kappa shape index (κ2) is 13.4. The SMILES string of the molecule is CC1(C)[C@H](CC(=O)/C(=N\O[C@@H](COc2ccc3nc(SCCCN)[nH]c3c2)C(=O)O)c2csc(N)n2)C(=O)N1OS(=O)(=O)O. The molecule has 0 radical (unpaired) electrons. The van der Waals surface area contributed by atoms with Gasteiger partial charge in [-0.25, -0.2) is 14.8 Å². The summed E-state index contributed by atoms with van der Waals surface area (Å²) >= 11 is 2.50. The molecule has 0 saturated carbocycles. The van der Waals surface area contributed by atoms with E-state index in [2.05, 4.69) is 24.4 Å². The quantitative estimate of drug-likeness (QED) is 0.0358. The molecule has 238 valence electrons. The molecule has 3 heterocycles. The normalized spacial score (nSPS) is 17.4. The number of nitrogens with two attached hydrogens (primary N) is 2. The van der Waals surface area contributed by atoms with E-state index in [0.29, 0.717) is 33.5 Å². The number of benzene rings is 1. The molecule has 1 saturated heterocycles. The maximum atomic E-state index is 13.3. The van der Waals surface area contributed by atoms with Crippen LogP contribution < -0.4 is 16.2 Å². The van der Waals surface area contributed by atoms with E-state index < -0.39 is 64.4 Å². The van der Waals surface area contributed by atoms with Gasteiger partial charge >= 0.3 is 16.4 Å². The van der Waals surface area contributed by atoms with E-state index in [9.17, 15) is 27.9 Å². The zero-order valence-corrected chi connectivity index (χ0v) is 25.8. The molecule has 0 aliphatic carbocycles. The number of hydrogen-bond donors (Lipinski definition) is 5. The second-order valence-electron chi connectivity index (χ2n) is 9.93. The van der Waals surface area contributed by atoms with Crippen molar-refractivity contribution in [2.75, 3.05) is 24.6 Å². The average molecular weight is 672 g/mol. The minimum Gasteiger partial charge on any atom is -0.489 e. The number of carboxylic acids is 1. The summed E-state index contributed by atoms with van der Waals surface area (Å²) in [5, 5.41) is 16.1. The molecule has 1 aliphatic rings. The molecule has 1 aliphatic heterocycles. The molecule has 44 heavy (non-hydrogen) atoms. The topological polar surface area (TPSA) is 263 Å². The lowest BCUT2D eigenvalue weighted by Gasteiger charge is -2.50. The van der Waals surface area contributed by atoms with Crippen LogP contribution >= 0.6 is 23.1 Å². The largest absolute Gasteiger partial charge is 0.489 e. The number of imidazole rings is 1. The Labute approximate surface area is 258 Å². The number of hydrogen-bond acceptors (Lipinski definition) is 15. The van der Waals surface area contributed by atoms with Gasteiger partial charge in [0.25, 0.3) is 12.0 Å². The van der Waals surface area contributed by atoms with Crippen LogP contribution in [0.1, 0.15) is 32.4 Å². The van der Waals surface area contributed by atoms with Gasteiger partial charge in [0.15, 0.2) is 21.8 Å². The lowest BCUT2D eigenvalue weighted by molar-refractivity contribution is -0.228. The first-order valence-corrected chi connectivity index (χ1v) is 16.1. The molecule has 2 aromatic heterocycles. The Morgan fingerprint density at radius 2 is 2.07 bits per heavy atom. The number of hydroxylamine groups is 2. The van der Waals surface area contributed by atoms with Crippen LogP contribution in [0.25, 0.3) is 11.0 Å². The smallest absolute Gasteiger partial charge is 0.418 e. The van der Waals surface area contributed by atoms with Gasteiger partial charge in [0.2, 0.25) is 0 Å². The highest BCUT2D eigenvalue weighted by Gasteiger charge is 2.57. The predicted octanol–water partition coefficient (Wildman–Crippen LogP) is 1.23. The molecule has 20 heteroatoms. The lowest BCUT2D eigenvalue weighted by Crippen LogP contribution is -2.68. The van der Waals surface area contributed by atoms with Gasteiger partial charge in [-0.05, 0) is 38.9 Å². The van der Waals surface area contributed by atoms with Crippen LogP contribution in [0.2, 0.25) is 0 Å². The van der Waals surface area contributed by atoms with Crippen LogP contribution in [0.3, 0.4) is 0 Å². The molecule has 0 spiro atoms. The second-order valence-corrected chi connectivity index (χ2v) is 12.9. The van der Waals surface area contributed by atoms with Crippen molar-refractivity contribution in [2.24, 2.45) is 16.8 Å². The number of carbonyl (C=O) groups is 3. The number of thiazole rings is 1. The van der Waals surface area contributed by atoms with Crippen molar-refractivity contribution >= 4 is 73.0 Å². The molecule has 0 bridgehead atoms. The van der Waals surface area contributed by atoms with Gasteiger partial charge in [-0.15, -0.1) is 15.6 Å². The fourth-order valence-corrected chi connectivity index (χ4v) is 5.95. The third kappa shape index (κ3) is 7.81. The number of β-lactam (4-membered cyclic amide) rings is 1. The van der Waals surface area contributed by atoms with E-state index in [-0.39, 0.29) is 10.8 Å². The van der Waals surface area contributed by atoms with Gasteiger partial charge in [0.1, 0.15) is 18.1 Å². The van der Waals surface area contributed by atoms with Crippen molar-refractivity contribution in [3.8, 4) is 5.75 Å². The summed E-state index contributed by atoms with van der Waals surface area (Å²) in [5.41, 5.74) is 10.8. The first kappa shape index (κ1) is 33.1. The third-order valence-electron chi connectivity index (χ3n) is 6.43. The van der Waals surface area contributed by atoms with Gasteiger partial charge in [0.05, 0.1) is 22.5 Å².